The van der Waals surface area contributed by atoms with Crippen LogP contribution in [-0.4, -0.2) is 17.1 Å². The number of carbonyl (C=O) groups excluding carboxylic acids is 1. The van der Waals surface area contributed by atoms with Crippen molar-refractivity contribution in [2.24, 2.45) is 5.10 Å². The monoisotopic (exact) mass is 397 g/mol. The second-order valence-corrected chi connectivity index (χ2v) is 7.14. The van der Waals surface area contributed by atoms with E-state index < -0.39 is 0 Å². The lowest BCUT2D eigenvalue weighted by atomic mass is 10.0. The number of nitrogens with one attached hydrogen (secondary N) is 1. The van der Waals surface area contributed by atoms with Gasteiger partial charge >= 0.3 is 0 Å². The molecular formula is C25H20FN3O. The maximum absolute atomic E-state index is 13.3. The van der Waals surface area contributed by atoms with E-state index in [0.717, 1.165) is 27.6 Å². The first-order valence-electron chi connectivity index (χ1n) is 9.57. The highest BCUT2D eigenvalue weighted by Crippen LogP contribution is 2.25. The average Bonchev–Trinajstić information content (AvgIpc) is 2.75. The lowest BCUT2D eigenvalue weighted by Crippen LogP contribution is -2.18. The molecule has 1 heterocycles. The van der Waals surface area contributed by atoms with Crippen LogP contribution in [0.2, 0.25) is 0 Å². The molecule has 0 bridgehead atoms. The molecule has 0 saturated carbocycles. The van der Waals surface area contributed by atoms with E-state index in [9.17, 15) is 9.18 Å². The number of fused-ring (bicyclic) bond motifs is 1. The van der Waals surface area contributed by atoms with Crippen LogP contribution in [0.4, 0.5) is 4.39 Å². The van der Waals surface area contributed by atoms with Gasteiger partial charge in [0.05, 0.1) is 23.0 Å². The topological polar surface area (TPSA) is 54.4 Å². The molecule has 5 heteroatoms. The molecule has 3 aromatic carbocycles. The fourth-order valence-corrected chi connectivity index (χ4v) is 3.25. The van der Waals surface area contributed by atoms with E-state index in [-0.39, 0.29) is 11.7 Å². The summed E-state index contributed by atoms with van der Waals surface area (Å²) in [5, 5.41) is 4.87. The molecule has 4 rings (SSSR count). The fourth-order valence-electron chi connectivity index (χ4n) is 3.25. The summed E-state index contributed by atoms with van der Waals surface area (Å²) in [7, 11) is 0. The highest BCUT2D eigenvalue weighted by atomic mass is 19.1. The van der Waals surface area contributed by atoms with Crippen LogP contribution in [0.1, 0.15) is 27.0 Å². The Morgan fingerprint density at radius 1 is 1.00 bits per heavy atom. The maximum Gasteiger partial charge on any atom is 0.272 e. The molecule has 30 heavy (non-hydrogen) atoms. The second-order valence-electron chi connectivity index (χ2n) is 7.14. The summed E-state index contributed by atoms with van der Waals surface area (Å²) in [5.74, 6) is -0.656. The number of hydrogen-bond donors (Lipinski definition) is 1. The smallest absolute Gasteiger partial charge is 0.267 e. The number of rotatable bonds is 4. The zero-order chi connectivity index (χ0) is 21.1. The highest BCUT2D eigenvalue weighted by Gasteiger charge is 2.13. The van der Waals surface area contributed by atoms with Crippen LogP contribution in [0.25, 0.3) is 22.2 Å². The molecule has 0 fully saturated rings. The number of halogens is 1. The maximum atomic E-state index is 13.3. The standard InChI is InChI=1S/C25H20FN3O/c1-16-7-8-17(2)19(13-16)15-27-29-25(30)22-14-24(18-9-11-20(26)12-10-18)28-23-6-4-3-5-21(22)23/h3-15H,1-2H3,(H,29,30). The number of para-hydroxylation sites is 1. The number of carbonyl (C=O) groups is 1. The van der Waals surface area contributed by atoms with Crippen molar-refractivity contribution in [3.63, 3.8) is 0 Å². The Kier molecular flexibility index (Phi) is 5.35. The molecule has 0 radical (unpaired) electrons. The average molecular weight is 397 g/mol. The van der Waals surface area contributed by atoms with Gasteiger partial charge in [0.1, 0.15) is 5.82 Å². The van der Waals surface area contributed by atoms with Gasteiger partial charge in [0, 0.05) is 10.9 Å². The van der Waals surface area contributed by atoms with E-state index in [4.69, 9.17) is 0 Å². The third-order valence-electron chi connectivity index (χ3n) is 4.91. The van der Waals surface area contributed by atoms with Gasteiger partial charge in [-0.3, -0.25) is 4.79 Å². The number of amides is 1. The summed E-state index contributed by atoms with van der Waals surface area (Å²) in [6, 6.07) is 21.2. The predicted molar refractivity (Wildman–Crippen MR) is 118 cm³/mol. The molecule has 4 aromatic rings. The number of hydrazone groups is 1. The van der Waals surface area contributed by atoms with Crippen LogP contribution in [0, 0.1) is 19.7 Å². The SMILES string of the molecule is Cc1ccc(C)c(C=NNC(=O)c2cc(-c3ccc(F)cc3)nc3ccccc23)c1. The molecule has 0 spiro atoms. The summed E-state index contributed by atoms with van der Waals surface area (Å²) < 4.78 is 13.3. The number of nitrogens with zero attached hydrogens (tertiary/aromatic N) is 2. The summed E-state index contributed by atoms with van der Waals surface area (Å²) in [5.41, 5.74) is 8.23. The van der Waals surface area contributed by atoms with Gasteiger partial charge in [0.15, 0.2) is 0 Å². The van der Waals surface area contributed by atoms with Crippen LogP contribution < -0.4 is 5.43 Å². The minimum atomic E-state index is -0.335. The molecule has 0 unspecified atom stereocenters. The Labute approximate surface area is 174 Å². The molecule has 0 atom stereocenters. The number of aromatic nitrogens is 1. The Morgan fingerprint density at radius 3 is 2.57 bits per heavy atom. The third kappa shape index (κ3) is 4.10. The van der Waals surface area contributed by atoms with Crippen molar-refractivity contribution >= 4 is 23.0 Å². The van der Waals surface area contributed by atoms with Crippen molar-refractivity contribution in [1.29, 1.82) is 0 Å². The molecule has 0 saturated heterocycles. The van der Waals surface area contributed by atoms with Gasteiger partial charge in [0.2, 0.25) is 0 Å². The van der Waals surface area contributed by atoms with E-state index in [1.165, 1.54) is 12.1 Å². The number of benzene rings is 3. The lowest BCUT2D eigenvalue weighted by Gasteiger charge is -2.09. The number of aryl methyl sites for hydroxylation is 2. The van der Waals surface area contributed by atoms with E-state index >= 15 is 0 Å². The Hall–Kier alpha value is -3.86. The van der Waals surface area contributed by atoms with E-state index in [1.807, 2.05) is 56.3 Å². The molecule has 0 aliphatic heterocycles. The Morgan fingerprint density at radius 2 is 1.77 bits per heavy atom. The largest absolute Gasteiger partial charge is 0.272 e. The van der Waals surface area contributed by atoms with Crippen LogP contribution in [0.15, 0.2) is 77.9 Å². The molecule has 0 aliphatic rings. The first kappa shape index (κ1) is 19.5. The predicted octanol–water partition coefficient (Wildman–Crippen LogP) is 5.42. The summed E-state index contributed by atoms with van der Waals surface area (Å²) >= 11 is 0. The molecule has 148 valence electrons. The van der Waals surface area contributed by atoms with E-state index in [2.05, 4.69) is 15.5 Å². The highest BCUT2D eigenvalue weighted by molar-refractivity contribution is 6.07. The zero-order valence-electron chi connectivity index (χ0n) is 16.7. The van der Waals surface area contributed by atoms with Gasteiger partial charge < -0.3 is 0 Å². The van der Waals surface area contributed by atoms with Gasteiger partial charge in [-0.2, -0.15) is 5.10 Å². The van der Waals surface area contributed by atoms with Gasteiger partial charge in [-0.25, -0.2) is 14.8 Å². The fraction of sp³-hybridized carbons (Fsp3) is 0.0800. The minimum absolute atomic E-state index is 0.321. The van der Waals surface area contributed by atoms with Gasteiger partial charge in [0.25, 0.3) is 5.91 Å². The zero-order valence-corrected chi connectivity index (χ0v) is 16.7. The summed E-state index contributed by atoms with van der Waals surface area (Å²) in [4.78, 5) is 17.6. The first-order chi connectivity index (χ1) is 14.5. The summed E-state index contributed by atoms with van der Waals surface area (Å²) in [6.07, 6.45) is 1.64. The lowest BCUT2D eigenvalue weighted by molar-refractivity contribution is 0.0956. The second kappa shape index (κ2) is 8.25. The van der Waals surface area contributed by atoms with Crippen molar-refractivity contribution in [3.8, 4) is 11.3 Å². The number of pyridine rings is 1. The van der Waals surface area contributed by atoms with Crippen LogP contribution in [0.3, 0.4) is 0 Å². The van der Waals surface area contributed by atoms with Crippen LogP contribution in [-0.2, 0) is 0 Å². The van der Waals surface area contributed by atoms with Gasteiger partial charge in [-0.05, 0) is 61.4 Å². The third-order valence-corrected chi connectivity index (χ3v) is 4.91. The first-order valence-corrected chi connectivity index (χ1v) is 9.57. The molecular weight excluding hydrogens is 377 g/mol. The number of hydrogen-bond acceptors (Lipinski definition) is 3. The summed E-state index contributed by atoms with van der Waals surface area (Å²) in [6.45, 7) is 4.00. The Balaban J connectivity index is 1.68. The normalized spacial score (nSPS) is 11.2. The van der Waals surface area contributed by atoms with E-state index in [1.54, 1.807) is 24.4 Å². The minimum Gasteiger partial charge on any atom is -0.267 e. The van der Waals surface area contributed by atoms with Crippen LogP contribution in [0.5, 0.6) is 0 Å². The molecule has 4 nitrogen and oxygen atoms in total. The molecule has 1 N–H and O–H groups in total. The Bertz CT molecular complexity index is 1260. The quantitative estimate of drug-likeness (QED) is 0.369. The van der Waals surface area contributed by atoms with Gasteiger partial charge in [-0.15, -0.1) is 0 Å². The van der Waals surface area contributed by atoms with Crippen molar-refractivity contribution in [2.45, 2.75) is 13.8 Å². The van der Waals surface area contributed by atoms with Gasteiger partial charge in [-0.1, -0.05) is 42.0 Å². The van der Waals surface area contributed by atoms with Crippen molar-refractivity contribution in [1.82, 2.24) is 10.4 Å². The van der Waals surface area contributed by atoms with E-state index in [0.29, 0.717) is 16.8 Å². The van der Waals surface area contributed by atoms with Crippen LogP contribution >= 0.6 is 0 Å². The molecule has 1 aromatic heterocycles. The molecule has 0 aliphatic carbocycles. The van der Waals surface area contributed by atoms with Crippen molar-refractivity contribution < 1.29 is 9.18 Å². The molecule has 1 amide bonds. The van der Waals surface area contributed by atoms with Crippen molar-refractivity contribution in [2.75, 3.05) is 0 Å². The van der Waals surface area contributed by atoms with Crippen molar-refractivity contribution in [3.05, 3.63) is 101 Å².